The van der Waals surface area contributed by atoms with Crippen LogP contribution in [0.1, 0.15) is 27.2 Å². The number of thioether (sulfide) groups is 1. The second-order valence-corrected chi connectivity index (χ2v) is 7.95. The zero-order valence-corrected chi connectivity index (χ0v) is 17.4. The molecule has 0 saturated carbocycles. The van der Waals surface area contributed by atoms with E-state index in [4.69, 9.17) is 0 Å². The highest BCUT2D eigenvalue weighted by Gasteiger charge is 2.12. The van der Waals surface area contributed by atoms with Gasteiger partial charge in [-0.3, -0.25) is 18.7 Å². The van der Waals surface area contributed by atoms with E-state index >= 15 is 0 Å². The van der Waals surface area contributed by atoms with Crippen LogP contribution in [0, 0.1) is 13.8 Å². The summed E-state index contributed by atoms with van der Waals surface area (Å²) in [5.74, 6) is 0.618. The molecule has 0 atom stereocenters. The first-order valence-corrected chi connectivity index (χ1v) is 10.3. The minimum atomic E-state index is -0.0522. The molecule has 0 spiro atoms. The molecule has 0 unspecified atom stereocenters. The fourth-order valence-electron chi connectivity index (χ4n) is 3.22. The van der Waals surface area contributed by atoms with Gasteiger partial charge in [0.1, 0.15) is 0 Å². The van der Waals surface area contributed by atoms with E-state index in [2.05, 4.69) is 4.98 Å². The van der Waals surface area contributed by atoms with Gasteiger partial charge < -0.3 is 0 Å². The van der Waals surface area contributed by atoms with Crippen molar-refractivity contribution in [1.29, 1.82) is 0 Å². The van der Waals surface area contributed by atoms with Gasteiger partial charge in [0, 0.05) is 41.2 Å². The van der Waals surface area contributed by atoms with Crippen LogP contribution >= 0.6 is 11.8 Å². The fourth-order valence-corrected chi connectivity index (χ4v) is 4.18. The van der Waals surface area contributed by atoms with Crippen LogP contribution in [-0.4, -0.2) is 20.0 Å². The van der Waals surface area contributed by atoms with Gasteiger partial charge in [-0.1, -0.05) is 42.1 Å². The second-order valence-electron chi connectivity index (χ2n) is 7.00. The van der Waals surface area contributed by atoms with Gasteiger partial charge in [-0.25, -0.2) is 4.98 Å². The number of para-hydroxylation sites is 1. The lowest BCUT2D eigenvalue weighted by Gasteiger charge is -2.10. The number of aromatic nitrogens is 3. The second kappa shape index (κ2) is 7.72. The number of aryl methyl sites for hydroxylation is 1. The third-order valence-corrected chi connectivity index (χ3v) is 6.21. The Morgan fingerprint density at radius 3 is 2.52 bits per heavy atom. The molecule has 0 fully saturated rings. The highest BCUT2D eigenvalue weighted by Crippen LogP contribution is 2.22. The molecule has 5 nitrogen and oxygen atoms in total. The van der Waals surface area contributed by atoms with E-state index in [1.54, 1.807) is 23.1 Å². The van der Waals surface area contributed by atoms with Gasteiger partial charge in [0.2, 0.25) is 0 Å². The highest BCUT2D eigenvalue weighted by molar-refractivity contribution is 7.98. The first kappa shape index (κ1) is 19.2. The summed E-state index contributed by atoms with van der Waals surface area (Å²) in [5, 5.41) is 1.73. The topological polar surface area (TPSA) is 56.9 Å². The third-order valence-electron chi connectivity index (χ3n) is 5.11. The van der Waals surface area contributed by atoms with Crippen LogP contribution in [-0.2, 0) is 12.8 Å². The third kappa shape index (κ3) is 3.63. The molecule has 4 rings (SSSR count). The van der Waals surface area contributed by atoms with E-state index in [1.165, 1.54) is 11.8 Å². The SMILES string of the molecule is Cc1nc(SCc2ccc(C(=O)n3ccc4ccccc43)cc2)n(C)c(=O)c1C. The summed E-state index contributed by atoms with van der Waals surface area (Å²) in [4.78, 5) is 29.6. The number of hydrogen-bond acceptors (Lipinski definition) is 4. The lowest BCUT2D eigenvalue weighted by atomic mass is 10.1. The Kier molecular flexibility index (Phi) is 5.11. The molecule has 2 aromatic carbocycles. The van der Waals surface area contributed by atoms with Gasteiger partial charge in [0.25, 0.3) is 11.5 Å². The minimum Gasteiger partial charge on any atom is -0.291 e. The van der Waals surface area contributed by atoms with Crippen molar-refractivity contribution in [3.8, 4) is 0 Å². The normalized spacial score (nSPS) is 11.1. The molecule has 6 heteroatoms. The average molecular weight is 404 g/mol. The number of nitrogens with zero attached hydrogens (tertiary/aromatic N) is 3. The molecule has 0 N–H and O–H groups in total. The van der Waals surface area contributed by atoms with Crippen LogP contribution < -0.4 is 5.56 Å². The Balaban J connectivity index is 1.51. The van der Waals surface area contributed by atoms with Crippen molar-refractivity contribution in [1.82, 2.24) is 14.1 Å². The van der Waals surface area contributed by atoms with Gasteiger partial charge in [-0.15, -0.1) is 0 Å². The maximum atomic E-state index is 12.9. The molecule has 2 aromatic heterocycles. The molecule has 0 bridgehead atoms. The summed E-state index contributed by atoms with van der Waals surface area (Å²) in [7, 11) is 1.74. The summed E-state index contributed by atoms with van der Waals surface area (Å²) < 4.78 is 3.26. The Morgan fingerprint density at radius 1 is 1.03 bits per heavy atom. The molecule has 4 aromatic rings. The summed E-state index contributed by atoms with van der Waals surface area (Å²) in [6.45, 7) is 3.65. The van der Waals surface area contributed by atoms with E-state index in [-0.39, 0.29) is 11.5 Å². The fraction of sp³-hybridized carbons (Fsp3) is 0.174. The van der Waals surface area contributed by atoms with Crippen molar-refractivity contribution in [2.45, 2.75) is 24.8 Å². The molecule has 0 aliphatic heterocycles. The van der Waals surface area contributed by atoms with Crippen LogP contribution in [0.2, 0.25) is 0 Å². The predicted octanol–water partition coefficient (Wildman–Crippen LogP) is 4.33. The number of hydrogen-bond donors (Lipinski definition) is 0. The van der Waals surface area contributed by atoms with Crippen LogP contribution in [0.4, 0.5) is 0 Å². The monoisotopic (exact) mass is 403 g/mol. The minimum absolute atomic E-state index is 0.0140. The van der Waals surface area contributed by atoms with Crippen molar-refractivity contribution in [2.75, 3.05) is 0 Å². The standard InChI is InChI=1S/C23H21N3O2S/c1-15-16(2)24-23(25(3)21(15)27)29-14-17-8-10-19(11-9-17)22(28)26-13-12-18-6-4-5-7-20(18)26/h4-13H,14H2,1-3H3. The first-order valence-electron chi connectivity index (χ1n) is 9.32. The summed E-state index contributed by atoms with van der Waals surface area (Å²) in [5.41, 5.74) is 4.03. The molecule has 2 heterocycles. The van der Waals surface area contributed by atoms with Gasteiger partial charge >= 0.3 is 0 Å². The lowest BCUT2D eigenvalue weighted by Crippen LogP contribution is -2.23. The number of carbonyl (C=O) groups excluding carboxylic acids is 1. The first-order chi connectivity index (χ1) is 14.0. The molecule has 0 aliphatic rings. The van der Waals surface area contributed by atoms with Gasteiger partial charge in [0.15, 0.2) is 5.16 Å². The maximum Gasteiger partial charge on any atom is 0.262 e. The Labute approximate surface area is 173 Å². The van der Waals surface area contributed by atoms with Gasteiger partial charge in [-0.05, 0) is 43.7 Å². The van der Waals surface area contributed by atoms with Crippen molar-refractivity contribution >= 4 is 28.6 Å². The Morgan fingerprint density at radius 2 is 1.76 bits per heavy atom. The molecule has 0 radical (unpaired) electrons. The zero-order chi connectivity index (χ0) is 20.5. The molecular formula is C23H21N3O2S. The van der Waals surface area contributed by atoms with Crippen molar-refractivity contribution < 1.29 is 4.79 Å². The van der Waals surface area contributed by atoms with Crippen molar-refractivity contribution in [3.05, 3.63) is 93.5 Å². The molecule has 146 valence electrons. The number of benzene rings is 2. The van der Waals surface area contributed by atoms with Crippen LogP contribution in [0.25, 0.3) is 10.9 Å². The number of fused-ring (bicyclic) bond motifs is 1. The largest absolute Gasteiger partial charge is 0.291 e. The average Bonchev–Trinajstić information content (AvgIpc) is 3.18. The molecule has 0 saturated heterocycles. The highest BCUT2D eigenvalue weighted by atomic mass is 32.2. The summed E-state index contributed by atoms with van der Waals surface area (Å²) >= 11 is 1.51. The molecular weight excluding hydrogens is 382 g/mol. The van der Waals surface area contributed by atoms with E-state index in [1.807, 2.05) is 67.7 Å². The Bertz CT molecular complexity index is 1270. The summed E-state index contributed by atoms with van der Waals surface area (Å²) in [6.07, 6.45) is 1.81. The van der Waals surface area contributed by atoms with Crippen LogP contribution in [0.15, 0.2) is 70.7 Å². The molecule has 0 aliphatic carbocycles. The van der Waals surface area contributed by atoms with Crippen LogP contribution in [0.3, 0.4) is 0 Å². The van der Waals surface area contributed by atoms with E-state index in [0.717, 1.165) is 22.2 Å². The van der Waals surface area contributed by atoms with Crippen molar-refractivity contribution in [2.24, 2.45) is 7.05 Å². The number of carbonyl (C=O) groups is 1. The maximum absolute atomic E-state index is 12.9. The summed E-state index contributed by atoms with van der Waals surface area (Å²) in [6, 6.07) is 17.4. The number of rotatable bonds is 4. The van der Waals surface area contributed by atoms with E-state index < -0.39 is 0 Å². The zero-order valence-electron chi connectivity index (χ0n) is 16.5. The molecule has 0 amide bonds. The van der Waals surface area contributed by atoms with Crippen molar-refractivity contribution in [3.63, 3.8) is 0 Å². The Hall–Kier alpha value is -3.12. The van der Waals surface area contributed by atoms with E-state index in [0.29, 0.717) is 22.0 Å². The predicted molar refractivity (Wildman–Crippen MR) is 117 cm³/mol. The van der Waals surface area contributed by atoms with E-state index in [9.17, 15) is 9.59 Å². The van der Waals surface area contributed by atoms with Gasteiger partial charge in [0.05, 0.1) is 5.52 Å². The van der Waals surface area contributed by atoms with Crippen LogP contribution in [0.5, 0.6) is 0 Å². The quantitative estimate of drug-likeness (QED) is 0.376. The smallest absolute Gasteiger partial charge is 0.262 e. The van der Waals surface area contributed by atoms with Gasteiger partial charge in [-0.2, -0.15) is 0 Å². The lowest BCUT2D eigenvalue weighted by molar-refractivity contribution is 0.0965. The molecule has 29 heavy (non-hydrogen) atoms.